The van der Waals surface area contributed by atoms with Gasteiger partial charge in [-0.05, 0) is 6.92 Å². The van der Waals surface area contributed by atoms with Crippen LogP contribution in [0.15, 0.2) is 47.0 Å². The molecule has 3 N–H and O–H groups in total. The third kappa shape index (κ3) is 2.97. The summed E-state index contributed by atoms with van der Waals surface area (Å²) < 4.78 is 6.49. The number of fused-ring (bicyclic) bond motifs is 1. The van der Waals surface area contributed by atoms with Gasteiger partial charge in [0.25, 0.3) is 0 Å². The first kappa shape index (κ1) is 15.8. The quantitative estimate of drug-likeness (QED) is 0.563. The molecule has 0 radical (unpaired) electrons. The highest BCUT2D eigenvalue weighted by molar-refractivity contribution is 5.87. The van der Waals surface area contributed by atoms with Crippen LogP contribution in [0, 0.1) is 6.92 Å². The molecule has 0 atom stereocenters. The molecule has 9 heteroatoms. The van der Waals surface area contributed by atoms with Crippen molar-refractivity contribution in [2.45, 2.75) is 13.5 Å². The number of hydrogen-bond acceptors (Lipinski definition) is 7. The Kier molecular flexibility index (Phi) is 3.81. The molecule has 130 valence electrons. The number of rotatable bonds is 5. The number of carbonyl (C=O) groups excluding carboxylic acids is 1. The standard InChI is InChI=1S/C17H15N7O2/c1-10-7-15-20-12(11-5-3-2-4-6-11)8-14(24(15)22-10)19-9-13-21-17(16(18)25)26-23-13/h2-8,19H,9H2,1H3,(H2,18,25). The van der Waals surface area contributed by atoms with Gasteiger partial charge in [0.15, 0.2) is 11.5 Å². The molecule has 0 saturated carbocycles. The van der Waals surface area contributed by atoms with E-state index in [9.17, 15) is 4.79 Å². The molecule has 0 fully saturated rings. The van der Waals surface area contributed by atoms with Crippen molar-refractivity contribution < 1.29 is 9.32 Å². The summed E-state index contributed by atoms with van der Waals surface area (Å²) in [6.45, 7) is 2.14. The number of anilines is 1. The van der Waals surface area contributed by atoms with Crippen LogP contribution in [0.5, 0.6) is 0 Å². The maximum Gasteiger partial charge on any atom is 0.315 e. The van der Waals surface area contributed by atoms with Crippen molar-refractivity contribution >= 4 is 17.4 Å². The topological polar surface area (TPSA) is 124 Å². The Morgan fingerprint density at radius 3 is 2.77 bits per heavy atom. The molecule has 0 aliphatic heterocycles. The zero-order valence-electron chi connectivity index (χ0n) is 13.9. The van der Waals surface area contributed by atoms with Gasteiger partial charge in [-0.2, -0.15) is 14.6 Å². The summed E-state index contributed by atoms with van der Waals surface area (Å²) in [6.07, 6.45) is 0. The fraction of sp³-hybridized carbons (Fsp3) is 0.118. The summed E-state index contributed by atoms with van der Waals surface area (Å²) in [5.41, 5.74) is 8.49. The molecular formula is C17H15N7O2. The molecule has 0 spiro atoms. The number of amides is 1. The lowest BCUT2D eigenvalue weighted by molar-refractivity contribution is 0.0958. The van der Waals surface area contributed by atoms with Crippen molar-refractivity contribution in [3.8, 4) is 11.3 Å². The van der Waals surface area contributed by atoms with Crippen LogP contribution in [0.25, 0.3) is 16.9 Å². The molecule has 4 rings (SSSR count). The number of hydrogen-bond donors (Lipinski definition) is 2. The summed E-state index contributed by atoms with van der Waals surface area (Å²) in [6, 6.07) is 13.6. The molecular weight excluding hydrogens is 334 g/mol. The van der Waals surface area contributed by atoms with Gasteiger partial charge in [-0.25, -0.2) is 4.98 Å². The van der Waals surface area contributed by atoms with Crippen LogP contribution in [0.4, 0.5) is 5.82 Å². The fourth-order valence-electron chi connectivity index (χ4n) is 2.57. The molecule has 0 aliphatic carbocycles. The van der Waals surface area contributed by atoms with E-state index in [1.165, 1.54) is 0 Å². The zero-order valence-corrected chi connectivity index (χ0v) is 13.9. The molecule has 3 aromatic heterocycles. The maximum atomic E-state index is 11.1. The molecule has 0 bridgehead atoms. The summed E-state index contributed by atoms with van der Waals surface area (Å²) in [5, 5.41) is 11.4. The van der Waals surface area contributed by atoms with E-state index < -0.39 is 5.91 Å². The first-order valence-electron chi connectivity index (χ1n) is 7.89. The Hall–Kier alpha value is -3.75. The molecule has 26 heavy (non-hydrogen) atoms. The summed E-state index contributed by atoms with van der Waals surface area (Å²) in [4.78, 5) is 19.6. The maximum absolute atomic E-state index is 11.1. The van der Waals surface area contributed by atoms with Crippen molar-refractivity contribution in [2.24, 2.45) is 5.73 Å². The number of carbonyl (C=O) groups is 1. The second-order valence-electron chi connectivity index (χ2n) is 5.68. The predicted molar refractivity (Wildman–Crippen MR) is 93.3 cm³/mol. The highest BCUT2D eigenvalue weighted by Gasteiger charge is 2.13. The molecule has 1 amide bonds. The van der Waals surface area contributed by atoms with Crippen molar-refractivity contribution in [1.29, 1.82) is 0 Å². The molecule has 9 nitrogen and oxygen atoms in total. The van der Waals surface area contributed by atoms with Gasteiger partial charge in [0.1, 0.15) is 5.82 Å². The number of benzene rings is 1. The van der Waals surface area contributed by atoms with Crippen molar-refractivity contribution in [3.63, 3.8) is 0 Å². The van der Waals surface area contributed by atoms with E-state index in [1.54, 1.807) is 4.52 Å². The first-order chi connectivity index (χ1) is 12.6. The van der Waals surface area contributed by atoms with Gasteiger partial charge in [-0.3, -0.25) is 4.79 Å². The first-order valence-corrected chi connectivity index (χ1v) is 7.89. The van der Waals surface area contributed by atoms with Crippen LogP contribution < -0.4 is 11.1 Å². The molecule has 0 unspecified atom stereocenters. The lowest BCUT2D eigenvalue weighted by Gasteiger charge is -2.09. The molecule has 4 aromatic rings. The SMILES string of the molecule is Cc1cc2nc(-c3ccccc3)cc(NCc3noc(C(N)=O)n3)n2n1. The Labute approximate surface area is 147 Å². The number of aryl methyl sites for hydroxylation is 1. The Bertz CT molecular complexity index is 1090. The summed E-state index contributed by atoms with van der Waals surface area (Å²) in [7, 11) is 0. The normalized spacial score (nSPS) is 11.0. The van der Waals surface area contributed by atoms with Gasteiger partial charge in [-0.15, -0.1) is 0 Å². The molecule has 1 aromatic carbocycles. The minimum absolute atomic E-state index is 0.221. The Balaban J connectivity index is 1.69. The van der Waals surface area contributed by atoms with Gasteiger partial charge in [0, 0.05) is 17.7 Å². The Morgan fingerprint density at radius 2 is 2.04 bits per heavy atom. The van der Waals surface area contributed by atoms with E-state index in [0.717, 1.165) is 22.6 Å². The summed E-state index contributed by atoms with van der Waals surface area (Å²) in [5.74, 6) is 0.0481. The van der Waals surface area contributed by atoms with E-state index >= 15 is 0 Å². The molecule has 3 heterocycles. The lowest BCUT2D eigenvalue weighted by atomic mass is 10.1. The number of nitrogens with zero attached hydrogens (tertiary/aromatic N) is 5. The number of nitrogens with one attached hydrogen (secondary N) is 1. The van der Waals surface area contributed by atoms with Gasteiger partial charge < -0.3 is 15.6 Å². The van der Waals surface area contributed by atoms with Crippen molar-refractivity contribution in [1.82, 2.24) is 24.7 Å². The largest absolute Gasteiger partial charge is 0.362 e. The number of nitrogens with two attached hydrogens (primary N) is 1. The number of aromatic nitrogens is 5. The molecule has 0 aliphatic rings. The van der Waals surface area contributed by atoms with E-state index in [2.05, 4.69) is 25.5 Å². The van der Waals surface area contributed by atoms with Crippen LogP contribution in [0.1, 0.15) is 22.2 Å². The van der Waals surface area contributed by atoms with Crippen LogP contribution in [-0.4, -0.2) is 30.6 Å². The van der Waals surface area contributed by atoms with Gasteiger partial charge >= 0.3 is 11.8 Å². The average molecular weight is 349 g/mol. The van der Waals surface area contributed by atoms with Crippen LogP contribution in [0.3, 0.4) is 0 Å². The third-order valence-corrected chi connectivity index (χ3v) is 3.73. The van der Waals surface area contributed by atoms with Crippen LogP contribution in [0.2, 0.25) is 0 Å². The van der Waals surface area contributed by atoms with E-state index in [4.69, 9.17) is 10.3 Å². The Morgan fingerprint density at radius 1 is 1.23 bits per heavy atom. The van der Waals surface area contributed by atoms with E-state index in [0.29, 0.717) is 11.6 Å². The van der Waals surface area contributed by atoms with Crippen molar-refractivity contribution in [2.75, 3.05) is 5.32 Å². The predicted octanol–water partition coefficient (Wildman–Crippen LogP) is 1.80. The lowest BCUT2D eigenvalue weighted by Crippen LogP contribution is -2.12. The van der Waals surface area contributed by atoms with Gasteiger partial charge in [0.05, 0.1) is 17.9 Å². The van der Waals surface area contributed by atoms with E-state index in [1.807, 2.05) is 49.4 Å². The monoisotopic (exact) mass is 349 g/mol. The minimum atomic E-state index is -0.760. The van der Waals surface area contributed by atoms with Crippen molar-refractivity contribution in [3.05, 3.63) is 59.9 Å². The smallest absolute Gasteiger partial charge is 0.315 e. The highest BCUT2D eigenvalue weighted by atomic mass is 16.5. The second kappa shape index (κ2) is 6.28. The van der Waals surface area contributed by atoms with Crippen LogP contribution in [-0.2, 0) is 6.54 Å². The third-order valence-electron chi connectivity index (χ3n) is 3.73. The zero-order chi connectivity index (χ0) is 18.1. The summed E-state index contributed by atoms with van der Waals surface area (Å²) >= 11 is 0. The average Bonchev–Trinajstić information content (AvgIpc) is 3.26. The molecule has 0 saturated heterocycles. The van der Waals surface area contributed by atoms with Gasteiger partial charge in [-0.1, -0.05) is 35.5 Å². The van der Waals surface area contributed by atoms with E-state index in [-0.39, 0.29) is 12.4 Å². The number of primary amides is 1. The van der Waals surface area contributed by atoms with Crippen LogP contribution >= 0.6 is 0 Å². The highest BCUT2D eigenvalue weighted by Crippen LogP contribution is 2.22. The van der Waals surface area contributed by atoms with Gasteiger partial charge in [0.2, 0.25) is 0 Å². The fourth-order valence-corrected chi connectivity index (χ4v) is 2.57. The second-order valence-corrected chi connectivity index (χ2v) is 5.68. The minimum Gasteiger partial charge on any atom is -0.362 e.